The van der Waals surface area contributed by atoms with Gasteiger partial charge in [0.1, 0.15) is 42.5 Å². The number of aryl methyl sites for hydroxylation is 1. The van der Waals surface area contributed by atoms with Crippen LogP contribution >= 0.6 is 13.4 Å². The zero-order valence-electron chi connectivity index (χ0n) is 22.0. The number of nitrogens with zero attached hydrogens (tertiary/aromatic N) is 5. The molecule has 42 heavy (non-hydrogen) atoms. The Morgan fingerprint density at radius 1 is 1.02 bits per heavy atom. The fraction of sp³-hybridized carbons (Fsp3) is 0.571. The molecule has 3 N–H and O–H groups in total. The largest absolute Gasteiger partial charge is 0.374 e. The van der Waals surface area contributed by atoms with Crippen molar-refractivity contribution in [2.24, 2.45) is 0 Å². The first-order valence-electron chi connectivity index (χ1n) is 12.6. The van der Waals surface area contributed by atoms with Crippen molar-refractivity contribution in [3.8, 4) is 0 Å². The average Bonchev–Trinajstić information content (AvgIpc) is 3.61. The molecule has 3 aromatic heterocycles. The lowest BCUT2D eigenvalue weighted by atomic mass is 10.1. The first-order valence-corrected chi connectivity index (χ1v) is 17.7. The molecule has 0 aliphatic carbocycles. The molecule has 228 valence electrons. The topological polar surface area (TPSA) is 204 Å². The summed E-state index contributed by atoms with van der Waals surface area (Å²) >= 11 is 10.6. The quantitative estimate of drug-likeness (QED) is 0.319. The number of fused-ring (bicyclic) bond motifs is 3. The van der Waals surface area contributed by atoms with Crippen LogP contribution in [0.15, 0.2) is 34.5 Å². The number of hydrogen-bond acceptors (Lipinski definition) is 14. The van der Waals surface area contributed by atoms with Gasteiger partial charge >= 0.3 is 19.1 Å². The third-order valence-corrected chi connectivity index (χ3v) is 10.2. The summed E-state index contributed by atoms with van der Waals surface area (Å²) in [4.78, 5) is 61.1. The molecular weight excluding hydrogens is 638 g/mol. The Balaban J connectivity index is 1.27. The van der Waals surface area contributed by atoms with Crippen LogP contribution in [-0.4, -0.2) is 89.7 Å². The summed E-state index contributed by atoms with van der Waals surface area (Å²) in [5.41, 5.74) is 0.449. The van der Waals surface area contributed by atoms with Crippen LogP contribution in [0.4, 0.5) is 0 Å². The van der Waals surface area contributed by atoms with Gasteiger partial charge in [0.15, 0.2) is 11.9 Å². The van der Waals surface area contributed by atoms with Crippen LogP contribution in [-0.2, 0) is 55.9 Å². The molecule has 3 saturated heterocycles. The minimum atomic E-state index is -3.99. The second kappa shape index (κ2) is 11.6. The molecule has 6 heterocycles. The maximum Gasteiger partial charge on any atom is 0.330 e. The third kappa shape index (κ3) is 5.95. The fourth-order valence-electron chi connectivity index (χ4n) is 5.10. The highest BCUT2D eigenvalue weighted by Gasteiger charge is 2.51. The Hall–Kier alpha value is -1.83. The molecule has 3 fully saturated rings. The second-order valence-electron chi connectivity index (χ2n) is 9.67. The molecule has 0 spiro atoms. The van der Waals surface area contributed by atoms with E-state index in [1.165, 1.54) is 19.6 Å². The van der Waals surface area contributed by atoms with E-state index >= 15 is 0 Å². The van der Waals surface area contributed by atoms with Crippen molar-refractivity contribution < 1.29 is 42.1 Å². The summed E-state index contributed by atoms with van der Waals surface area (Å²) in [5, 5.41) is 0. The predicted octanol–water partition coefficient (Wildman–Crippen LogP) is 0.136. The number of H-pyrrole nitrogens is 1. The summed E-state index contributed by atoms with van der Waals surface area (Å²) in [7, 11) is 1.34. The van der Waals surface area contributed by atoms with E-state index in [1.54, 1.807) is 10.9 Å². The molecule has 21 heteroatoms. The van der Waals surface area contributed by atoms with Crippen LogP contribution in [0.5, 0.6) is 0 Å². The van der Waals surface area contributed by atoms with Gasteiger partial charge in [0.05, 0.1) is 31.3 Å². The summed E-state index contributed by atoms with van der Waals surface area (Å²) in [6.45, 7) is -6.76. The van der Waals surface area contributed by atoms with Gasteiger partial charge in [-0.25, -0.2) is 19.7 Å². The van der Waals surface area contributed by atoms with Gasteiger partial charge in [0.2, 0.25) is 0 Å². The van der Waals surface area contributed by atoms with Gasteiger partial charge in [0, 0.05) is 25.8 Å². The van der Waals surface area contributed by atoms with E-state index in [0.29, 0.717) is 16.9 Å². The molecule has 3 aliphatic heterocycles. The minimum absolute atomic E-state index is 0.200. The standard InChI is InChI=1S/C21H26N6O11P2S2/c1-10-16-19(23-8-22-10)27(9-24-16)15-5-11-12(35-15)6-33-40(31,42)38-17-13(7-34-39(30,41)37-11)36-20(18(17)32-2)26-4-3-14(28)25-21(26)29/h3-4,8-9,11-13,15,17-18,20H,5-7H2,1-2H3,(H,30,41)(H,31,42)(H,25,28,29)/t11-,12+,13+,15+,17+,18+,20+,39?,40?/m0/s1. The molecule has 0 aromatic carbocycles. The third-order valence-electron chi connectivity index (χ3n) is 7.04. The smallest absolute Gasteiger partial charge is 0.330 e. The van der Waals surface area contributed by atoms with Gasteiger partial charge in [-0.05, 0) is 30.5 Å². The maximum atomic E-state index is 12.5. The molecule has 0 radical (unpaired) electrons. The summed E-state index contributed by atoms with van der Waals surface area (Å²) < 4.78 is 43.6. The van der Waals surface area contributed by atoms with Crippen molar-refractivity contribution >= 4 is 48.2 Å². The lowest BCUT2D eigenvalue weighted by Crippen LogP contribution is -2.40. The van der Waals surface area contributed by atoms with Gasteiger partial charge in [0.25, 0.3) is 5.56 Å². The van der Waals surface area contributed by atoms with Gasteiger partial charge < -0.3 is 37.6 Å². The fourth-order valence-corrected chi connectivity index (χ4v) is 8.02. The summed E-state index contributed by atoms with van der Waals surface area (Å²) in [6.07, 6.45) is -2.28. The van der Waals surface area contributed by atoms with Crippen molar-refractivity contribution in [3.63, 3.8) is 0 Å². The number of aromatic amines is 1. The van der Waals surface area contributed by atoms with Crippen LogP contribution in [0.1, 0.15) is 24.6 Å². The molecule has 6 rings (SSSR count). The van der Waals surface area contributed by atoms with Gasteiger partial charge in [-0.1, -0.05) is 0 Å². The SMILES string of the molecule is CO[C@@H]1[C@@H]2OP(O)(=S)OC[C@H]3O[C@@H](n4cnc5c(C)ncnc54)C[C@@H]3OP(O)(=S)OC[C@H]2O[C@H]1n1ccc(=O)[nH]c1=O. The lowest BCUT2D eigenvalue weighted by Gasteiger charge is -2.30. The van der Waals surface area contributed by atoms with Crippen LogP contribution in [0.3, 0.4) is 0 Å². The van der Waals surface area contributed by atoms with E-state index in [1.807, 2.05) is 6.92 Å². The molecule has 9 atom stereocenters. The molecule has 17 nitrogen and oxygen atoms in total. The van der Waals surface area contributed by atoms with Crippen LogP contribution in [0.25, 0.3) is 11.2 Å². The minimum Gasteiger partial charge on any atom is -0.374 e. The van der Waals surface area contributed by atoms with Crippen molar-refractivity contribution in [1.29, 1.82) is 0 Å². The highest BCUT2D eigenvalue weighted by Crippen LogP contribution is 2.54. The Labute approximate surface area is 247 Å². The second-order valence-corrected chi connectivity index (χ2v) is 15.3. The van der Waals surface area contributed by atoms with Crippen molar-refractivity contribution in [3.05, 3.63) is 51.4 Å². The Morgan fingerprint density at radius 3 is 2.50 bits per heavy atom. The number of ether oxygens (including phenoxy) is 3. The van der Waals surface area contributed by atoms with Crippen molar-refractivity contribution in [1.82, 2.24) is 29.1 Å². The van der Waals surface area contributed by atoms with Gasteiger partial charge in [-0.2, -0.15) is 0 Å². The van der Waals surface area contributed by atoms with Crippen LogP contribution in [0, 0.1) is 6.92 Å². The van der Waals surface area contributed by atoms with E-state index < -0.39 is 67.7 Å². The number of rotatable bonds is 3. The molecule has 2 unspecified atom stereocenters. The Kier molecular flexibility index (Phi) is 8.34. The highest BCUT2D eigenvalue weighted by atomic mass is 32.5. The summed E-state index contributed by atoms with van der Waals surface area (Å²) in [5.74, 6) is 0. The Bertz CT molecular complexity index is 1700. The zero-order chi connectivity index (χ0) is 29.8. The van der Waals surface area contributed by atoms with E-state index in [-0.39, 0.29) is 19.6 Å². The first kappa shape index (κ1) is 30.2. The molecule has 3 aromatic rings. The number of nitrogens with one attached hydrogen (secondary N) is 1. The molecule has 0 bridgehead atoms. The highest BCUT2D eigenvalue weighted by molar-refractivity contribution is 8.07. The zero-order valence-corrected chi connectivity index (χ0v) is 25.4. The van der Waals surface area contributed by atoms with Crippen LogP contribution < -0.4 is 11.2 Å². The monoisotopic (exact) mass is 664 g/mol. The normalized spacial score (nSPS) is 37.6. The molecule has 0 amide bonds. The van der Waals surface area contributed by atoms with E-state index in [9.17, 15) is 19.4 Å². The van der Waals surface area contributed by atoms with Crippen molar-refractivity contribution in [2.45, 2.75) is 56.3 Å². The van der Waals surface area contributed by atoms with Gasteiger partial charge in [-0.3, -0.25) is 23.4 Å². The van der Waals surface area contributed by atoms with E-state index in [4.69, 9.17) is 55.9 Å². The number of methoxy groups -OCH3 is 1. The number of hydrogen-bond donors (Lipinski definition) is 3. The lowest BCUT2D eigenvalue weighted by molar-refractivity contribution is -0.0638. The maximum absolute atomic E-state index is 12.5. The average molecular weight is 665 g/mol. The van der Waals surface area contributed by atoms with Gasteiger partial charge in [-0.15, -0.1) is 0 Å². The molecule has 0 saturated carbocycles. The van der Waals surface area contributed by atoms with E-state index in [2.05, 4.69) is 19.9 Å². The van der Waals surface area contributed by atoms with Crippen molar-refractivity contribution in [2.75, 3.05) is 20.3 Å². The molecular formula is C21H26N6O11P2S2. The van der Waals surface area contributed by atoms with E-state index in [0.717, 1.165) is 10.6 Å². The molecule has 3 aliphatic rings. The Morgan fingerprint density at radius 2 is 1.76 bits per heavy atom. The predicted molar refractivity (Wildman–Crippen MR) is 149 cm³/mol. The number of aromatic nitrogens is 6. The summed E-state index contributed by atoms with van der Waals surface area (Å²) in [6, 6.07) is 1.13. The number of imidazole rings is 1. The van der Waals surface area contributed by atoms with Crippen LogP contribution in [0.2, 0.25) is 0 Å². The first-order chi connectivity index (χ1) is 19.9.